The molecule has 57 heavy (non-hydrogen) atoms. The number of aliphatic imine (C=N–C) groups is 1. The van der Waals surface area contributed by atoms with Gasteiger partial charge >= 0.3 is 0 Å². The van der Waals surface area contributed by atoms with Gasteiger partial charge in [-0.2, -0.15) is 0 Å². The van der Waals surface area contributed by atoms with E-state index in [1.807, 2.05) is 0 Å². The highest BCUT2D eigenvalue weighted by Gasteiger charge is 2.52. The summed E-state index contributed by atoms with van der Waals surface area (Å²) in [5.41, 5.74) is 12.1. The summed E-state index contributed by atoms with van der Waals surface area (Å²) < 4.78 is 7.27. The normalized spacial score (nSPS) is 35.5. The molecule has 4 heterocycles. The van der Waals surface area contributed by atoms with Crippen molar-refractivity contribution in [2.24, 2.45) is 28.7 Å². The van der Waals surface area contributed by atoms with E-state index in [4.69, 9.17) is 9.73 Å². The van der Waals surface area contributed by atoms with E-state index in [2.05, 4.69) is 155 Å². The number of ether oxygens (including phenoxy) is 1. The van der Waals surface area contributed by atoms with Crippen molar-refractivity contribution in [3.05, 3.63) is 178 Å². The first-order valence-corrected chi connectivity index (χ1v) is 21.8. The Hall–Kier alpha value is -4.75. The van der Waals surface area contributed by atoms with E-state index in [1.165, 1.54) is 50.6 Å². The lowest BCUT2D eigenvalue weighted by molar-refractivity contribution is 0.0310. The van der Waals surface area contributed by atoms with Crippen LogP contribution in [0, 0.1) is 23.7 Å². The molecule has 6 heteroatoms. The van der Waals surface area contributed by atoms with Crippen LogP contribution in [0.25, 0.3) is 0 Å². The van der Waals surface area contributed by atoms with Crippen molar-refractivity contribution < 1.29 is 4.74 Å². The molecule has 0 amide bonds. The standard InChI is InChI=1S/C51H55N5O/c1-55-50(34-19-8-3-9-20-34)53-49(54-51(55)35-21-10-4-11-22-35)41-31-36(33-17-6-2-7-18-33)32-52-47(41)39-26-16-28-44-45(39)40-29-30-43-46(48(40)57-44)38-25-14-15-27-42(38)56(43)37-23-12-5-13-24-37/h2-4,6,8-12,14-15,17,19-21,23-24,26,29-31,35-36,38,40,42,48-51,53-54H,5,7,13,16,18,22,25,27-28,32H2,1H3. The van der Waals surface area contributed by atoms with Crippen molar-refractivity contribution in [2.45, 2.75) is 88.4 Å². The molecule has 0 bridgehead atoms. The molecular weight excluding hydrogens is 699 g/mol. The van der Waals surface area contributed by atoms with Gasteiger partial charge in [0.25, 0.3) is 0 Å². The minimum absolute atomic E-state index is 0.0368. The van der Waals surface area contributed by atoms with Crippen molar-refractivity contribution in [2.75, 3.05) is 13.6 Å². The minimum atomic E-state index is -0.0896. The van der Waals surface area contributed by atoms with Gasteiger partial charge in [0, 0.05) is 76.4 Å². The van der Waals surface area contributed by atoms with Gasteiger partial charge in [0.1, 0.15) is 11.9 Å². The lowest BCUT2D eigenvalue weighted by Crippen LogP contribution is -2.66. The van der Waals surface area contributed by atoms with Gasteiger partial charge < -0.3 is 9.64 Å². The zero-order chi connectivity index (χ0) is 37.9. The van der Waals surface area contributed by atoms with Gasteiger partial charge in [-0.15, -0.1) is 0 Å². The van der Waals surface area contributed by atoms with Crippen LogP contribution < -0.4 is 10.6 Å². The first-order chi connectivity index (χ1) is 28.2. The summed E-state index contributed by atoms with van der Waals surface area (Å²) in [5, 5.41) is 8.31. The van der Waals surface area contributed by atoms with Gasteiger partial charge in [-0.05, 0) is 76.1 Å². The molecule has 0 aromatic heterocycles. The number of fused-ring (bicyclic) bond motifs is 5. The van der Waals surface area contributed by atoms with Crippen LogP contribution in [-0.2, 0) is 4.74 Å². The van der Waals surface area contributed by atoms with Gasteiger partial charge in [0.05, 0.1) is 24.2 Å². The summed E-state index contributed by atoms with van der Waals surface area (Å²) in [6, 6.07) is 11.4. The predicted octanol–water partition coefficient (Wildman–Crippen LogP) is 9.57. The highest BCUT2D eigenvalue weighted by atomic mass is 16.5. The van der Waals surface area contributed by atoms with E-state index in [0.717, 1.165) is 70.0 Å². The van der Waals surface area contributed by atoms with Crippen LogP contribution in [0.1, 0.15) is 69.5 Å². The van der Waals surface area contributed by atoms with Crippen LogP contribution in [0.5, 0.6) is 0 Å². The third-order valence-electron chi connectivity index (χ3n) is 14.2. The second kappa shape index (κ2) is 14.9. The molecule has 6 nitrogen and oxygen atoms in total. The zero-order valence-corrected chi connectivity index (χ0v) is 33.1. The Morgan fingerprint density at radius 3 is 2.60 bits per heavy atom. The molecule has 6 aliphatic carbocycles. The van der Waals surface area contributed by atoms with Crippen molar-refractivity contribution in [3.8, 4) is 0 Å². The molecule has 1 aromatic carbocycles. The molecule has 0 radical (unpaired) electrons. The Morgan fingerprint density at radius 2 is 1.75 bits per heavy atom. The van der Waals surface area contributed by atoms with Crippen LogP contribution in [0.2, 0.25) is 0 Å². The summed E-state index contributed by atoms with van der Waals surface area (Å²) in [4.78, 5) is 10.8. The van der Waals surface area contributed by atoms with E-state index < -0.39 is 0 Å². The number of dihydropyridines is 1. The fraction of sp³-hybridized carbons (Fsp3) is 0.392. The number of benzene rings is 1. The fourth-order valence-electron chi connectivity index (χ4n) is 11.5. The number of rotatable bonds is 6. The Balaban J connectivity index is 0.966. The first kappa shape index (κ1) is 35.4. The van der Waals surface area contributed by atoms with E-state index in [-0.39, 0.29) is 36.4 Å². The SMILES string of the molecule is CN1C(c2ccccc2)NC(C2=CC(C3=CC=CCC3)CN=C2C2=CCCC3=C2C2C=CC4=C(C5CC=CCC5N4C4=CCCC=C4)C2O3)NC1C1C=CC=CC1. The van der Waals surface area contributed by atoms with Crippen LogP contribution in [0.4, 0.5) is 0 Å². The molecule has 0 spiro atoms. The maximum absolute atomic E-state index is 7.27. The molecule has 1 aromatic rings. The summed E-state index contributed by atoms with van der Waals surface area (Å²) in [5.74, 6) is 2.47. The van der Waals surface area contributed by atoms with Crippen molar-refractivity contribution in [3.63, 3.8) is 0 Å². The van der Waals surface area contributed by atoms with E-state index in [0.29, 0.717) is 17.9 Å². The molecule has 11 rings (SSSR count). The lowest BCUT2D eigenvalue weighted by atomic mass is 9.74. The monoisotopic (exact) mass is 753 g/mol. The number of nitrogens with zero attached hydrogens (tertiary/aromatic N) is 3. The number of nitrogens with one attached hydrogen (secondary N) is 2. The Labute approximate surface area is 338 Å². The van der Waals surface area contributed by atoms with Crippen LogP contribution in [-0.4, -0.2) is 53.6 Å². The second-order valence-corrected chi connectivity index (χ2v) is 17.4. The van der Waals surface area contributed by atoms with Gasteiger partial charge in [-0.25, -0.2) is 0 Å². The van der Waals surface area contributed by atoms with E-state index >= 15 is 0 Å². The minimum Gasteiger partial charge on any atom is -0.489 e. The highest BCUT2D eigenvalue weighted by Crippen LogP contribution is 2.55. The summed E-state index contributed by atoms with van der Waals surface area (Å²) in [6.07, 6.45) is 47.7. The molecule has 1 saturated heterocycles. The predicted molar refractivity (Wildman–Crippen MR) is 230 cm³/mol. The lowest BCUT2D eigenvalue weighted by Gasteiger charge is -2.49. The quantitative estimate of drug-likeness (QED) is 0.284. The third-order valence-corrected chi connectivity index (χ3v) is 14.2. The number of hydrogen-bond donors (Lipinski definition) is 2. The number of allylic oxidation sites excluding steroid dienone is 14. The smallest absolute Gasteiger partial charge is 0.132 e. The van der Waals surface area contributed by atoms with Gasteiger partial charge in [0.15, 0.2) is 0 Å². The van der Waals surface area contributed by atoms with Crippen molar-refractivity contribution in [1.82, 2.24) is 20.4 Å². The summed E-state index contributed by atoms with van der Waals surface area (Å²) >= 11 is 0. The van der Waals surface area contributed by atoms with Gasteiger partial charge in [-0.3, -0.25) is 20.5 Å². The van der Waals surface area contributed by atoms with Crippen molar-refractivity contribution >= 4 is 5.71 Å². The van der Waals surface area contributed by atoms with Gasteiger partial charge in [-0.1, -0.05) is 121 Å². The van der Waals surface area contributed by atoms with Crippen molar-refractivity contribution in [1.29, 1.82) is 0 Å². The van der Waals surface area contributed by atoms with Gasteiger partial charge in [0.2, 0.25) is 0 Å². The highest BCUT2D eigenvalue weighted by molar-refractivity contribution is 6.16. The average Bonchev–Trinajstić information content (AvgIpc) is 3.84. The summed E-state index contributed by atoms with van der Waals surface area (Å²) in [7, 11) is 2.27. The largest absolute Gasteiger partial charge is 0.489 e. The number of hydrogen-bond acceptors (Lipinski definition) is 6. The van der Waals surface area contributed by atoms with E-state index in [1.54, 1.807) is 0 Å². The molecule has 0 saturated carbocycles. The first-order valence-electron chi connectivity index (χ1n) is 21.8. The molecule has 1 fully saturated rings. The van der Waals surface area contributed by atoms with Crippen LogP contribution >= 0.6 is 0 Å². The topological polar surface area (TPSA) is 52.1 Å². The molecule has 2 N–H and O–H groups in total. The maximum atomic E-state index is 7.27. The van der Waals surface area contributed by atoms with Crippen LogP contribution in [0.3, 0.4) is 0 Å². The molecule has 9 unspecified atom stereocenters. The molecule has 9 atom stereocenters. The summed E-state index contributed by atoms with van der Waals surface area (Å²) in [6.45, 7) is 0.778. The Morgan fingerprint density at radius 1 is 0.825 bits per heavy atom. The maximum Gasteiger partial charge on any atom is 0.132 e. The molecule has 4 aliphatic heterocycles. The molecular formula is C51H55N5O. The Bertz CT molecular complexity index is 2220. The molecule has 290 valence electrons. The van der Waals surface area contributed by atoms with E-state index in [9.17, 15) is 0 Å². The van der Waals surface area contributed by atoms with Crippen LogP contribution in [0.15, 0.2) is 178 Å². The Kier molecular flexibility index (Phi) is 9.25. The third kappa shape index (κ3) is 6.14. The second-order valence-electron chi connectivity index (χ2n) is 17.4. The fourth-order valence-corrected chi connectivity index (χ4v) is 11.5. The zero-order valence-electron chi connectivity index (χ0n) is 33.1. The molecule has 10 aliphatic rings. The average molecular weight is 754 g/mol.